The fourth-order valence-electron chi connectivity index (χ4n) is 2.83. The normalized spacial score (nSPS) is 18.1. The van der Waals surface area contributed by atoms with E-state index in [0.717, 1.165) is 13.1 Å². The van der Waals surface area contributed by atoms with Crippen molar-refractivity contribution in [1.29, 1.82) is 0 Å². The Labute approximate surface area is 118 Å². The van der Waals surface area contributed by atoms with Gasteiger partial charge in [-0.3, -0.25) is 0 Å². The first-order chi connectivity index (χ1) is 9.15. The van der Waals surface area contributed by atoms with Gasteiger partial charge in [-0.2, -0.15) is 0 Å². The molecule has 19 heavy (non-hydrogen) atoms. The van der Waals surface area contributed by atoms with Crippen LogP contribution in [0.25, 0.3) is 0 Å². The number of nitrogens with zero attached hydrogens (tertiary/aromatic N) is 2. The molecule has 0 fully saturated rings. The molecule has 0 saturated heterocycles. The molecular weight excluding hydrogens is 254 g/mol. The summed E-state index contributed by atoms with van der Waals surface area (Å²) in [5.74, 6) is 1.29. The third-order valence-electron chi connectivity index (χ3n) is 3.82. The Hall–Kier alpha value is -1.55. The molecule has 1 aliphatic heterocycles. The predicted molar refractivity (Wildman–Crippen MR) is 81.6 cm³/mol. The Kier molecular flexibility index (Phi) is 3.19. The highest BCUT2D eigenvalue weighted by molar-refractivity contribution is 7.15. The van der Waals surface area contributed by atoms with Gasteiger partial charge in [-0.25, -0.2) is 4.98 Å². The summed E-state index contributed by atoms with van der Waals surface area (Å²) in [6.45, 7) is 6.61. The SMILES string of the molecule is CC(C)C1CN(Cc2cnc(N)s2)c2ccccc21. The van der Waals surface area contributed by atoms with Gasteiger partial charge >= 0.3 is 0 Å². The van der Waals surface area contributed by atoms with E-state index in [1.165, 1.54) is 16.1 Å². The first-order valence-corrected chi connectivity index (χ1v) is 7.51. The lowest BCUT2D eigenvalue weighted by Gasteiger charge is -2.19. The molecule has 2 aromatic rings. The van der Waals surface area contributed by atoms with Crippen LogP contribution in [0.1, 0.15) is 30.2 Å². The van der Waals surface area contributed by atoms with E-state index in [1.807, 2.05) is 6.20 Å². The van der Waals surface area contributed by atoms with Crippen molar-refractivity contribution in [3.8, 4) is 0 Å². The summed E-state index contributed by atoms with van der Waals surface area (Å²) >= 11 is 1.58. The monoisotopic (exact) mass is 273 g/mol. The van der Waals surface area contributed by atoms with E-state index in [9.17, 15) is 0 Å². The van der Waals surface area contributed by atoms with Crippen LogP contribution in [0, 0.1) is 5.92 Å². The third-order valence-corrected chi connectivity index (χ3v) is 4.63. The summed E-state index contributed by atoms with van der Waals surface area (Å²) in [6, 6.07) is 8.75. The van der Waals surface area contributed by atoms with Crippen molar-refractivity contribution < 1.29 is 0 Å². The standard InChI is InChI=1S/C15H19N3S/c1-10(2)13-9-18(8-11-7-17-15(16)19-11)14-6-4-3-5-12(13)14/h3-7,10,13H,8-9H2,1-2H3,(H2,16,17). The first kappa shape index (κ1) is 12.5. The van der Waals surface area contributed by atoms with Crippen LogP contribution in [0.5, 0.6) is 0 Å². The van der Waals surface area contributed by atoms with Gasteiger partial charge in [-0.05, 0) is 17.5 Å². The number of nitrogen functional groups attached to an aromatic ring is 1. The molecule has 4 heteroatoms. The summed E-state index contributed by atoms with van der Waals surface area (Å²) in [5, 5.41) is 0.655. The first-order valence-electron chi connectivity index (χ1n) is 6.69. The molecule has 1 unspecified atom stereocenters. The van der Waals surface area contributed by atoms with Crippen molar-refractivity contribution in [1.82, 2.24) is 4.98 Å². The number of benzene rings is 1. The molecule has 0 aliphatic carbocycles. The zero-order chi connectivity index (χ0) is 13.4. The van der Waals surface area contributed by atoms with Crippen LogP contribution >= 0.6 is 11.3 Å². The van der Waals surface area contributed by atoms with Gasteiger partial charge in [-0.1, -0.05) is 32.0 Å². The fraction of sp³-hybridized carbons (Fsp3) is 0.400. The largest absolute Gasteiger partial charge is 0.375 e. The fourth-order valence-corrected chi connectivity index (χ4v) is 3.53. The Bertz CT molecular complexity index is 576. The van der Waals surface area contributed by atoms with Gasteiger partial charge in [0, 0.05) is 29.2 Å². The van der Waals surface area contributed by atoms with Crippen molar-refractivity contribution in [2.45, 2.75) is 26.3 Å². The molecule has 0 bridgehead atoms. The number of hydrogen-bond acceptors (Lipinski definition) is 4. The molecule has 0 saturated carbocycles. The Morgan fingerprint density at radius 2 is 2.21 bits per heavy atom. The minimum Gasteiger partial charge on any atom is -0.375 e. The van der Waals surface area contributed by atoms with Crippen LogP contribution in [0.15, 0.2) is 30.5 Å². The van der Waals surface area contributed by atoms with Crippen LogP contribution < -0.4 is 10.6 Å². The quantitative estimate of drug-likeness (QED) is 0.931. The number of aromatic nitrogens is 1. The summed E-state index contributed by atoms with van der Waals surface area (Å²) in [7, 11) is 0. The van der Waals surface area contributed by atoms with Crippen LogP contribution in [0.2, 0.25) is 0 Å². The Balaban J connectivity index is 1.88. The lowest BCUT2D eigenvalue weighted by molar-refractivity contribution is 0.514. The van der Waals surface area contributed by atoms with Gasteiger partial charge < -0.3 is 10.6 Å². The van der Waals surface area contributed by atoms with Gasteiger partial charge in [0.05, 0.1) is 6.54 Å². The molecule has 0 amide bonds. The maximum absolute atomic E-state index is 5.71. The van der Waals surface area contributed by atoms with Crippen molar-refractivity contribution in [2.24, 2.45) is 5.92 Å². The lowest BCUT2D eigenvalue weighted by atomic mass is 9.90. The van der Waals surface area contributed by atoms with Gasteiger partial charge in [0.1, 0.15) is 0 Å². The zero-order valence-corrected chi connectivity index (χ0v) is 12.2. The molecule has 100 valence electrons. The summed E-state index contributed by atoms with van der Waals surface area (Å²) in [4.78, 5) is 7.82. The zero-order valence-electron chi connectivity index (χ0n) is 11.3. The van der Waals surface area contributed by atoms with E-state index in [0.29, 0.717) is 17.0 Å². The molecule has 2 heterocycles. The number of anilines is 2. The number of para-hydroxylation sites is 1. The second kappa shape index (κ2) is 4.85. The lowest BCUT2D eigenvalue weighted by Crippen LogP contribution is -2.22. The molecular formula is C15H19N3S. The topological polar surface area (TPSA) is 42.2 Å². The summed E-state index contributed by atoms with van der Waals surface area (Å²) in [5.41, 5.74) is 8.56. The molecule has 3 rings (SSSR count). The summed E-state index contributed by atoms with van der Waals surface area (Å²) < 4.78 is 0. The summed E-state index contributed by atoms with van der Waals surface area (Å²) in [6.07, 6.45) is 1.89. The van der Waals surface area contributed by atoms with E-state index in [2.05, 4.69) is 48.0 Å². The van der Waals surface area contributed by atoms with Crippen molar-refractivity contribution in [2.75, 3.05) is 17.2 Å². The number of nitrogens with two attached hydrogens (primary N) is 1. The Morgan fingerprint density at radius 1 is 1.42 bits per heavy atom. The van der Waals surface area contributed by atoms with E-state index >= 15 is 0 Å². The molecule has 1 aromatic carbocycles. The minimum atomic E-state index is 0.626. The molecule has 1 atom stereocenters. The van der Waals surface area contributed by atoms with E-state index in [-0.39, 0.29) is 0 Å². The van der Waals surface area contributed by atoms with Gasteiger partial charge in [0.15, 0.2) is 5.13 Å². The van der Waals surface area contributed by atoms with E-state index < -0.39 is 0 Å². The maximum Gasteiger partial charge on any atom is 0.180 e. The van der Waals surface area contributed by atoms with E-state index in [4.69, 9.17) is 5.73 Å². The number of hydrogen-bond donors (Lipinski definition) is 1. The average Bonchev–Trinajstić information content (AvgIpc) is 2.95. The van der Waals surface area contributed by atoms with Crippen LogP contribution in [-0.4, -0.2) is 11.5 Å². The van der Waals surface area contributed by atoms with Crippen LogP contribution in [0.3, 0.4) is 0 Å². The molecule has 3 nitrogen and oxygen atoms in total. The van der Waals surface area contributed by atoms with Gasteiger partial charge in [0.2, 0.25) is 0 Å². The number of fused-ring (bicyclic) bond motifs is 1. The minimum absolute atomic E-state index is 0.626. The molecule has 1 aliphatic rings. The number of rotatable bonds is 3. The molecule has 2 N–H and O–H groups in total. The highest BCUT2D eigenvalue weighted by Gasteiger charge is 2.30. The van der Waals surface area contributed by atoms with E-state index in [1.54, 1.807) is 11.3 Å². The van der Waals surface area contributed by atoms with Gasteiger partial charge in [0.25, 0.3) is 0 Å². The number of thiazole rings is 1. The van der Waals surface area contributed by atoms with Crippen molar-refractivity contribution >= 4 is 22.2 Å². The second-order valence-corrected chi connectivity index (χ2v) is 6.60. The average molecular weight is 273 g/mol. The second-order valence-electron chi connectivity index (χ2n) is 5.45. The maximum atomic E-state index is 5.71. The van der Waals surface area contributed by atoms with Crippen molar-refractivity contribution in [3.63, 3.8) is 0 Å². The Morgan fingerprint density at radius 3 is 2.89 bits per heavy atom. The highest BCUT2D eigenvalue weighted by atomic mass is 32.1. The smallest absolute Gasteiger partial charge is 0.180 e. The van der Waals surface area contributed by atoms with Crippen LogP contribution in [-0.2, 0) is 6.54 Å². The molecule has 0 spiro atoms. The third kappa shape index (κ3) is 2.32. The molecule has 0 radical (unpaired) electrons. The van der Waals surface area contributed by atoms with Crippen molar-refractivity contribution in [3.05, 3.63) is 40.9 Å². The highest BCUT2D eigenvalue weighted by Crippen LogP contribution is 2.40. The van der Waals surface area contributed by atoms with Crippen LogP contribution in [0.4, 0.5) is 10.8 Å². The molecule has 1 aromatic heterocycles. The van der Waals surface area contributed by atoms with Gasteiger partial charge in [-0.15, -0.1) is 11.3 Å². The predicted octanol–water partition coefficient (Wildman–Crippen LogP) is 3.49.